The first kappa shape index (κ1) is 15.1. The van der Waals surface area contributed by atoms with Gasteiger partial charge in [0.1, 0.15) is 22.1 Å². The lowest BCUT2D eigenvalue weighted by molar-refractivity contribution is 0.468. The lowest BCUT2D eigenvalue weighted by Gasteiger charge is -2.09. The Hall–Kier alpha value is -2.79. The van der Waals surface area contributed by atoms with E-state index in [9.17, 15) is 8.42 Å². The molecule has 0 aromatic heterocycles. The molecule has 0 aliphatic heterocycles. The van der Waals surface area contributed by atoms with Crippen LogP contribution in [-0.4, -0.2) is 8.42 Å². The largest absolute Gasteiger partial charge is 0.457 e. The third kappa shape index (κ3) is 3.90. The summed E-state index contributed by atoms with van der Waals surface area (Å²) in [7, 11) is -3.86. The molecule has 0 unspecified atom stereocenters. The number of hydrogen-bond donors (Lipinski definition) is 0. The summed E-state index contributed by atoms with van der Waals surface area (Å²) >= 11 is 0. The van der Waals surface area contributed by atoms with Gasteiger partial charge in [-0.2, -0.15) is 8.42 Å². The van der Waals surface area contributed by atoms with Crippen LogP contribution >= 0.6 is 0 Å². The Labute approximate surface area is 135 Å². The zero-order valence-electron chi connectivity index (χ0n) is 12.1. The minimum Gasteiger partial charge on any atom is -0.457 e. The summed E-state index contributed by atoms with van der Waals surface area (Å²) in [4.78, 5) is 0.106. The minimum absolute atomic E-state index is 0.106. The van der Waals surface area contributed by atoms with Crippen molar-refractivity contribution >= 4 is 10.1 Å². The molecule has 3 aromatic rings. The molecule has 0 N–H and O–H groups in total. The van der Waals surface area contributed by atoms with E-state index in [2.05, 4.69) is 0 Å². The zero-order chi connectivity index (χ0) is 16.1. The fraction of sp³-hybridized carbons (Fsp3) is 0. The molecule has 0 heterocycles. The Morgan fingerprint density at radius 2 is 1.17 bits per heavy atom. The Bertz CT molecular complexity index is 875. The van der Waals surface area contributed by atoms with E-state index in [1.807, 2.05) is 30.3 Å². The van der Waals surface area contributed by atoms with Gasteiger partial charge in [0.25, 0.3) is 0 Å². The lowest BCUT2D eigenvalue weighted by Crippen LogP contribution is -2.09. The van der Waals surface area contributed by atoms with Gasteiger partial charge in [-0.25, -0.2) is 0 Å². The van der Waals surface area contributed by atoms with E-state index in [0.29, 0.717) is 11.5 Å². The summed E-state index contributed by atoms with van der Waals surface area (Å²) < 4.78 is 35.2. The molecular weight excluding hydrogens is 312 g/mol. The van der Waals surface area contributed by atoms with Crippen LogP contribution in [-0.2, 0) is 10.1 Å². The Balaban J connectivity index is 1.80. The smallest absolute Gasteiger partial charge is 0.339 e. The molecule has 0 atom stereocenters. The number of hydrogen-bond acceptors (Lipinski definition) is 4. The van der Waals surface area contributed by atoms with Crippen molar-refractivity contribution in [1.82, 2.24) is 0 Å². The molecule has 3 aromatic carbocycles. The highest BCUT2D eigenvalue weighted by Gasteiger charge is 2.16. The van der Waals surface area contributed by atoms with E-state index in [4.69, 9.17) is 8.92 Å². The standard InChI is InChI=1S/C18H14O4S/c19-23(20,18-12-5-2-6-13-18)22-17-11-7-10-16(14-17)21-15-8-3-1-4-9-15/h1-14H. The van der Waals surface area contributed by atoms with Crippen molar-refractivity contribution in [1.29, 1.82) is 0 Å². The van der Waals surface area contributed by atoms with Gasteiger partial charge < -0.3 is 8.92 Å². The lowest BCUT2D eigenvalue weighted by atomic mass is 10.3. The molecule has 3 rings (SSSR count). The predicted octanol–water partition coefficient (Wildman–Crippen LogP) is 4.25. The average Bonchev–Trinajstić information content (AvgIpc) is 2.56. The molecule has 4 nitrogen and oxygen atoms in total. The molecule has 0 saturated heterocycles. The van der Waals surface area contributed by atoms with Gasteiger partial charge in [-0.1, -0.05) is 42.5 Å². The molecule has 0 amide bonds. The Morgan fingerprint density at radius 1 is 0.609 bits per heavy atom. The van der Waals surface area contributed by atoms with Crippen LogP contribution in [0, 0.1) is 0 Å². The van der Waals surface area contributed by atoms with E-state index in [1.165, 1.54) is 18.2 Å². The van der Waals surface area contributed by atoms with Crippen LogP contribution in [0.2, 0.25) is 0 Å². The third-order valence-corrected chi connectivity index (χ3v) is 4.28. The molecule has 23 heavy (non-hydrogen) atoms. The van der Waals surface area contributed by atoms with Crippen molar-refractivity contribution < 1.29 is 17.3 Å². The van der Waals surface area contributed by atoms with Gasteiger partial charge in [-0.05, 0) is 36.4 Å². The van der Waals surface area contributed by atoms with E-state index >= 15 is 0 Å². The maximum atomic E-state index is 12.2. The molecule has 116 valence electrons. The summed E-state index contributed by atoms with van der Waals surface area (Å²) in [6.45, 7) is 0. The zero-order valence-corrected chi connectivity index (χ0v) is 12.9. The quantitative estimate of drug-likeness (QED) is 0.658. The van der Waals surface area contributed by atoms with Crippen molar-refractivity contribution in [3.05, 3.63) is 84.9 Å². The first-order valence-corrected chi connectivity index (χ1v) is 8.37. The molecule has 0 saturated carbocycles. The second-order valence-electron chi connectivity index (χ2n) is 4.74. The highest BCUT2D eigenvalue weighted by atomic mass is 32.2. The van der Waals surface area contributed by atoms with Crippen molar-refractivity contribution in [2.45, 2.75) is 4.90 Å². The molecular formula is C18H14O4S. The van der Waals surface area contributed by atoms with E-state index < -0.39 is 10.1 Å². The van der Waals surface area contributed by atoms with Crippen LogP contribution in [0.1, 0.15) is 0 Å². The average molecular weight is 326 g/mol. The highest BCUT2D eigenvalue weighted by molar-refractivity contribution is 7.87. The van der Waals surface area contributed by atoms with E-state index in [0.717, 1.165) is 0 Å². The molecule has 0 spiro atoms. The molecule has 0 radical (unpaired) electrons. The first-order valence-electron chi connectivity index (χ1n) is 6.96. The van der Waals surface area contributed by atoms with Gasteiger partial charge in [0, 0.05) is 6.07 Å². The minimum atomic E-state index is -3.86. The maximum Gasteiger partial charge on any atom is 0.339 e. The van der Waals surface area contributed by atoms with Gasteiger partial charge >= 0.3 is 10.1 Å². The number of para-hydroxylation sites is 1. The van der Waals surface area contributed by atoms with Crippen molar-refractivity contribution in [3.8, 4) is 17.2 Å². The van der Waals surface area contributed by atoms with Crippen LogP contribution in [0.4, 0.5) is 0 Å². The molecule has 0 aliphatic rings. The summed E-state index contributed by atoms with van der Waals surface area (Å²) in [6, 6.07) is 23.7. The second-order valence-corrected chi connectivity index (χ2v) is 6.29. The summed E-state index contributed by atoms with van der Waals surface area (Å²) in [6.07, 6.45) is 0. The van der Waals surface area contributed by atoms with Crippen LogP contribution in [0.25, 0.3) is 0 Å². The van der Waals surface area contributed by atoms with Crippen LogP contribution in [0.15, 0.2) is 89.8 Å². The molecule has 5 heteroatoms. The van der Waals surface area contributed by atoms with Crippen LogP contribution in [0.5, 0.6) is 17.2 Å². The number of ether oxygens (including phenoxy) is 1. The molecule has 0 bridgehead atoms. The van der Waals surface area contributed by atoms with E-state index in [-0.39, 0.29) is 10.6 Å². The van der Waals surface area contributed by atoms with Crippen molar-refractivity contribution in [3.63, 3.8) is 0 Å². The van der Waals surface area contributed by atoms with Gasteiger partial charge in [0.15, 0.2) is 0 Å². The monoisotopic (exact) mass is 326 g/mol. The van der Waals surface area contributed by atoms with Gasteiger partial charge in [-0.15, -0.1) is 0 Å². The fourth-order valence-electron chi connectivity index (χ4n) is 1.98. The van der Waals surface area contributed by atoms with Crippen molar-refractivity contribution in [2.75, 3.05) is 0 Å². The van der Waals surface area contributed by atoms with E-state index in [1.54, 1.807) is 36.4 Å². The predicted molar refractivity (Wildman–Crippen MR) is 87.2 cm³/mol. The third-order valence-electron chi connectivity index (χ3n) is 3.02. The SMILES string of the molecule is O=S(=O)(Oc1cccc(Oc2ccccc2)c1)c1ccccc1. The first-order chi connectivity index (χ1) is 11.1. The topological polar surface area (TPSA) is 52.6 Å². The Morgan fingerprint density at radius 3 is 1.87 bits per heavy atom. The number of benzene rings is 3. The normalized spacial score (nSPS) is 11.0. The number of rotatable bonds is 5. The summed E-state index contributed by atoms with van der Waals surface area (Å²) in [5.41, 5.74) is 0. The van der Waals surface area contributed by atoms with Gasteiger partial charge in [0.05, 0.1) is 0 Å². The Kier molecular flexibility index (Phi) is 4.30. The summed E-state index contributed by atoms with van der Waals surface area (Å²) in [5, 5.41) is 0. The van der Waals surface area contributed by atoms with Gasteiger partial charge in [0.2, 0.25) is 0 Å². The van der Waals surface area contributed by atoms with Crippen LogP contribution < -0.4 is 8.92 Å². The van der Waals surface area contributed by atoms with Crippen LogP contribution in [0.3, 0.4) is 0 Å². The van der Waals surface area contributed by atoms with Gasteiger partial charge in [-0.3, -0.25) is 0 Å². The van der Waals surface area contributed by atoms with Crippen molar-refractivity contribution in [2.24, 2.45) is 0 Å². The highest BCUT2D eigenvalue weighted by Crippen LogP contribution is 2.26. The second kappa shape index (κ2) is 6.54. The maximum absolute atomic E-state index is 12.2. The summed E-state index contributed by atoms with van der Waals surface area (Å²) in [5.74, 6) is 1.36. The molecule has 0 aliphatic carbocycles. The molecule has 0 fully saturated rings. The fourth-order valence-corrected chi connectivity index (χ4v) is 2.92.